The zero-order valence-corrected chi connectivity index (χ0v) is 8.70. The summed E-state index contributed by atoms with van der Waals surface area (Å²) < 4.78 is 0. The molecule has 4 nitrogen and oxygen atoms in total. The zero-order valence-electron chi connectivity index (χ0n) is 8.70. The largest absolute Gasteiger partial charge is 0.335 e. The van der Waals surface area contributed by atoms with Crippen molar-refractivity contribution in [3.8, 4) is 0 Å². The first-order valence-corrected chi connectivity index (χ1v) is 5.45. The van der Waals surface area contributed by atoms with Crippen LogP contribution in [0.2, 0.25) is 0 Å². The summed E-state index contributed by atoms with van der Waals surface area (Å²) in [5.74, 6) is 0.648. The summed E-state index contributed by atoms with van der Waals surface area (Å²) in [7, 11) is 1.85. The van der Waals surface area contributed by atoms with Gasteiger partial charge in [-0.15, -0.1) is 0 Å². The van der Waals surface area contributed by atoms with Crippen molar-refractivity contribution < 1.29 is 4.79 Å². The van der Waals surface area contributed by atoms with E-state index in [9.17, 15) is 4.79 Å². The highest BCUT2D eigenvalue weighted by atomic mass is 16.2. The van der Waals surface area contributed by atoms with Gasteiger partial charge in [-0.1, -0.05) is 0 Å². The minimum atomic E-state index is 0.0508. The molecule has 1 atom stereocenters. The molecule has 14 heavy (non-hydrogen) atoms. The topological polar surface area (TPSA) is 58.4 Å². The van der Waals surface area contributed by atoms with Gasteiger partial charge in [0.05, 0.1) is 0 Å². The van der Waals surface area contributed by atoms with E-state index < -0.39 is 0 Å². The maximum absolute atomic E-state index is 11.7. The summed E-state index contributed by atoms with van der Waals surface area (Å²) in [4.78, 5) is 13.5. The number of nitrogens with one attached hydrogen (secondary N) is 1. The summed E-state index contributed by atoms with van der Waals surface area (Å²) in [6, 6.07) is 0.728. The molecule has 0 radical (unpaired) electrons. The summed E-state index contributed by atoms with van der Waals surface area (Å²) in [5.41, 5.74) is 5.68. The molecule has 0 aromatic heterocycles. The molecular formula is C10H19N3O. The number of carbonyl (C=O) groups is 1. The smallest absolute Gasteiger partial charge is 0.317 e. The fourth-order valence-electron chi connectivity index (χ4n) is 1.80. The van der Waals surface area contributed by atoms with Gasteiger partial charge in [0.1, 0.15) is 0 Å². The average Bonchev–Trinajstić information content (AvgIpc) is 2.98. The molecule has 1 unspecified atom stereocenters. The monoisotopic (exact) mass is 197 g/mol. The Morgan fingerprint density at radius 3 is 2.57 bits per heavy atom. The first-order valence-electron chi connectivity index (χ1n) is 5.45. The van der Waals surface area contributed by atoms with Gasteiger partial charge in [-0.25, -0.2) is 4.79 Å². The SMILES string of the molecule is CN(C(=O)NC1CC1)C(CN)C1CC1. The molecule has 0 saturated heterocycles. The van der Waals surface area contributed by atoms with Crippen molar-refractivity contribution in [2.24, 2.45) is 11.7 Å². The van der Waals surface area contributed by atoms with Crippen molar-refractivity contribution in [2.45, 2.75) is 37.8 Å². The number of nitrogens with zero attached hydrogens (tertiary/aromatic N) is 1. The highest BCUT2D eigenvalue weighted by Crippen LogP contribution is 2.34. The van der Waals surface area contributed by atoms with Gasteiger partial charge in [0.25, 0.3) is 0 Å². The number of hydrogen-bond donors (Lipinski definition) is 2. The van der Waals surface area contributed by atoms with Crippen molar-refractivity contribution in [1.82, 2.24) is 10.2 Å². The van der Waals surface area contributed by atoms with Crippen LogP contribution in [-0.4, -0.2) is 36.6 Å². The number of rotatable bonds is 4. The Morgan fingerprint density at radius 2 is 2.14 bits per heavy atom. The van der Waals surface area contributed by atoms with Crippen LogP contribution in [0.15, 0.2) is 0 Å². The summed E-state index contributed by atoms with van der Waals surface area (Å²) in [6.45, 7) is 0.583. The third-order valence-corrected chi connectivity index (χ3v) is 3.13. The van der Waals surface area contributed by atoms with E-state index in [0.717, 1.165) is 12.8 Å². The van der Waals surface area contributed by atoms with Crippen molar-refractivity contribution >= 4 is 6.03 Å². The molecule has 80 valence electrons. The van der Waals surface area contributed by atoms with Crippen LogP contribution in [0.3, 0.4) is 0 Å². The Balaban J connectivity index is 1.83. The molecule has 2 aliphatic rings. The number of hydrogen-bond acceptors (Lipinski definition) is 2. The second kappa shape index (κ2) is 3.77. The van der Waals surface area contributed by atoms with E-state index in [0.29, 0.717) is 18.5 Å². The Bertz CT molecular complexity index is 223. The lowest BCUT2D eigenvalue weighted by atomic mass is 10.1. The lowest BCUT2D eigenvalue weighted by Gasteiger charge is -2.27. The van der Waals surface area contributed by atoms with E-state index in [1.807, 2.05) is 7.05 Å². The maximum Gasteiger partial charge on any atom is 0.317 e. The van der Waals surface area contributed by atoms with E-state index >= 15 is 0 Å². The van der Waals surface area contributed by atoms with Gasteiger partial charge < -0.3 is 16.0 Å². The normalized spacial score (nSPS) is 23.0. The second-order valence-corrected chi connectivity index (χ2v) is 4.48. The molecule has 2 fully saturated rings. The molecule has 0 aromatic carbocycles. The standard InChI is InChI=1S/C10H19N3O/c1-13(9(6-11)7-2-3-7)10(14)12-8-4-5-8/h7-9H,2-6,11H2,1H3,(H,12,14). The van der Waals surface area contributed by atoms with Crippen LogP contribution < -0.4 is 11.1 Å². The number of urea groups is 1. The number of carbonyl (C=O) groups excluding carboxylic acids is 1. The highest BCUT2D eigenvalue weighted by Gasteiger charge is 2.35. The molecule has 0 bridgehead atoms. The quantitative estimate of drug-likeness (QED) is 0.690. The third kappa shape index (κ3) is 2.18. The van der Waals surface area contributed by atoms with Gasteiger partial charge in [0.2, 0.25) is 0 Å². The molecule has 2 rings (SSSR count). The molecule has 0 aromatic rings. The summed E-state index contributed by atoms with van der Waals surface area (Å²) >= 11 is 0. The van der Waals surface area contributed by atoms with Crippen LogP contribution in [0.4, 0.5) is 4.79 Å². The Morgan fingerprint density at radius 1 is 1.50 bits per heavy atom. The first kappa shape index (κ1) is 9.77. The lowest BCUT2D eigenvalue weighted by molar-refractivity contribution is 0.184. The minimum Gasteiger partial charge on any atom is -0.335 e. The fourth-order valence-corrected chi connectivity index (χ4v) is 1.80. The predicted molar refractivity (Wildman–Crippen MR) is 54.9 cm³/mol. The maximum atomic E-state index is 11.7. The van der Waals surface area contributed by atoms with Crippen molar-refractivity contribution in [3.63, 3.8) is 0 Å². The molecule has 0 heterocycles. The van der Waals surface area contributed by atoms with Crippen LogP contribution in [0, 0.1) is 5.92 Å². The molecule has 0 spiro atoms. The lowest BCUT2D eigenvalue weighted by Crippen LogP contribution is -2.48. The van der Waals surface area contributed by atoms with Crippen LogP contribution >= 0.6 is 0 Å². The summed E-state index contributed by atoms with van der Waals surface area (Å²) in [5, 5.41) is 2.98. The molecule has 2 saturated carbocycles. The first-order chi connectivity index (χ1) is 6.72. The van der Waals surface area contributed by atoms with Crippen molar-refractivity contribution in [3.05, 3.63) is 0 Å². The number of likely N-dealkylation sites (N-methyl/N-ethyl adjacent to an activating group) is 1. The van der Waals surface area contributed by atoms with Gasteiger partial charge in [-0.2, -0.15) is 0 Å². The van der Waals surface area contributed by atoms with E-state index in [2.05, 4.69) is 5.32 Å². The molecule has 4 heteroatoms. The minimum absolute atomic E-state index is 0.0508. The van der Waals surface area contributed by atoms with Gasteiger partial charge in [-0.3, -0.25) is 0 Å². The predicted octanol–water partition coefficient (Wildman–Crippen LogP) is 0.527. The van der Waals surface area contributed by atoms with Gasteiger partial charge in [0.15, 0.2) is 0 Å². The van der Waals surface area contributed by atoms with Crippen molar-refractivity contribution in [2.75, 3.05) is 13.6 Å². The fraction of sp³-hybridized carbons (Fsp3) is 0.900. The number of amides is 2. The van der Waals surface area contributed by atoms with Crippen LogP contribution in [-0.2, 0) is 0 Å². The molecule has 2 aliphatic carbocycles. The van der Waals surface area contributed by atoms with E-state index in [-0.39, 0.29) is 12.1 Å². The second-order valence-electron chi connectivity index (χ2n) is 4.48. The van der Waals surface area contributed by atoms with Gasteiger partial charge in [0, 0.05) is 25.7 Å². The Kier molecular flexibility index (Phi) is 2.63. The Hall–Kier alpha value is -0.770. The number of nitrogens with two attached hydrogens (primary N) is 1. The van der Waals surface area contributed by atoms with Crippen LogP contribution in [0.25, 0.3) is 0 Å². The highest BCUT2D eigenvalue weighted by molar-refractivity contribution is 5.75. The molecule has 0 aliphatic heterocycles. The van der Waals surface area contributed by atoms with Gasteiger partial charge in [-0.05, 0) is 31.6 Å². The molecule has 2 amide bonds. The molecular weight excluding hydrogens is 178 g/mol. The van der Waals surface area contributed by atoms with Gasteiger partial charge >= 0.3 is 6.03 Å². The van der Waals surface area contributed by atoms with E-state index in [1.165, 1.54) is 12.8 Å². The average molecular weight is 197 g/mol. The molecule has 3 N–H and O–H groups in total. The van der Waals surface area contributed by atoms with E-state index in [1.54, 1.807) is 4.90 Å². The van der Waals surface area contributed by atoms with Crippen LogP contribution in [0.1, 0.15) is 25.7 Å². The van der Waals surface area contributed by atoms with Crippen molar-refractivity contribution in [1.29, 1.82) is 0 Å². The zero-order chi connectivity index (χ0) is 10.1. The summed E-state index contributed by atoms with van der Waals surface area (Å²) in [6.07, 6.45) is 4.72. The van der Waals surface area contributed by atoms with Crippen LogP contribution in [0.5, 0.6) is 0 Å². The Labute approximate surface area is 84.8 Å². The third-order valence-electron chi connectivity index (χ3n) is 3.13. The van der Waals surface area contributed by atoms with E-state index in [4.69, 9.17) is 5.73 Å².